The van der Waals surface area contributed by atoms with E-state index in [1.54, 1.807) is 12.1 Å². The van der Waals surface area contributed by atoms with Crippen molar-refractivity contribution < 1.29 is 22.7 Å². The number of halogens is 2. The molecule has 1 aromatic rings. The minimum absolute atomic E-state index is 0.0597. The fourth-order valence-corrected chi connectivity index (χ4v) is 3.82. The molecule has 7 nitrogen and oxygen atoms in total. The summed E-state index contributed by atoms with van der Waals surface area (Å²) in [4.78, 5) is 25.6. The molecule has 10 heteroatoms. The van der Waals surface area contributed by atoms with Crippen molar-refractivity contribution in [3.05, 3.63) is 28.2 Å². The molecule has 25 heavy (non-hydrogen) atoms. The minimum atomic E-state index is -3.07. The van der Waals surface area contributed by atoms with Crippen LogP contribution in [-0.2, 0) is 19.4 Å². The SMILES string of the molecule is CC(NC(=O)COc1cc(Cl)ccc1Cl)C(=O)N1CCS(=O)(=O)CC1. The third-order valence-corrected chi connectivity index (χ3v) is 5.81. The highest BCUT2D eigenvalue weighted by molar-refractivity contribution is 7.91. The number of carbonyl (C=O) groups excluding carboxylic acids is 2. The summed E-state index contributed by atoms with van der Waals surface area (Å²) in [5, 5.41) is 3.26. The number of ether oxygens (including phenoxy) is 1. The Labute approximate surface area is 156 Å². The van der Waals surface area contributed by atoms with Gasteiger partial charge in [0.15, 0.2) is 16.4 Å². The van der Waals surface area contributed by atoms with Crippen LogP contribution in [0, 0.1) is 0 Å². The lowest BCUT2D eigenvalue weighted by atomic mass is 10.2. The highest BCUT2D eigenvalue weighted by Gasteiger charge is 2.28. The third kappa shape index (κ3) is 5.76. The van der Waals surface area contributed by atoms with E-state index in [0.717, 1.165) is 0 Å². The number of amides is 2. The van der Waals surface area contributed by atoms with Gasteiger partial charge < -0.3 is 15.0 Å². The van der Waals surface area contributed by atoms with E-state index in [1.165, 1.54) is 17.9 Å². The van der Waals surface area contributed by atoms with Gasteiger partial charge in [-0.05, 0) is 19.1 Å². The predicted molar refractivity (Wildman–Crippen MR) is 94.8 cm³/mol. The normalized spacial score (nSPS) is 17.6. The monoisotopic (exact) mass is 408 g/mol. The minimum Gasteiger partial charge on any atom is -0.482 e. The number of carbonyl (C=O) groups is 2. The topological polar surface area (TPSA) is 92.8 Å². The molecule has 1 atom stereocenters. The van der Waals surface area contributed by atoms with Crippen LogP contribution in [0.5, 0.6) is 5.75 Å². The zero-order chi connectivity index (χ0) is 18.6. The highest BCUT2D eigenvalue weighted by Crippen LogP contribution is 2.27. The Morgan fingerprint density at radius 3 is 2.56 bits per heavy atom. The van der Waals surface area contributed by atoms with Gasteiger partial charge in [-0.2, -0.15) is 0 Å². The van der Waals surface area contributed by atoms with Crippen molar-refractivity contribution in [2.75, 3.05) is 31.2 Å². The van der Waals surface area contributed by atoms with E-state index in [1.807, 2.05) is 0 Å². The van der Waals surface area contributed by atoms with E-state index in [9.17, 15) is 18.0 Å². The van der Waals surface area contributed by atoms with Gasteiger partial charge in [-0.1, -0.05) is 23.2 Å². The molecule has 1 heterocycles. The lowest BCUT2D eigenvalue weighted by Crippen LogP contribution is -2.52. The maximum atomic E-state index is 12.3. The molecule has 0 saturated carbocycles. The summed E-state index contributed by atoms with van der Waals surface area (Å²) in [5.41, 5.74) is 0. The molecule has 0 spiro atoms. The summed E-state index contributed by atoms with van der Waals surface area (Å²) in [6.07, 6.45) is 0. The molecule has 0 aliphatic carbocycles. The molecule has 0 bridgehead atoms. The summed E-state index contributed by atoms with van der Waals surface area (Å²) >= 11 is 11.8. The Kier molecular flexibility index (Phi) is 6.53. The average molecular weight is 409 g/mol. The van der Waals surface area contributed by atoms with Crippen molar-refractivity contribution in [2.45, 2.75) is 13.0 Å². The van der Waals surface area contributed by atoms with Crippen molar-refractivity contribution in [1.82, 2.24) is 10.2 Å². The predicted octanol–water partition coefficient (Wildman–Crippen LogP) is 1.13. The number of nitrogens with one attached hydrogen (secondary N) is 1. The summed E-state index contributed by atoms with van der Waals surface area (Å²) in [6.45, 7) is 1.48. The third-order valence-electron chi connectivity index (χ3n) is 3.66. The second-order valence-electron chi connectivity index (χ2n) is 5.63. The van der Waals surface area contributed by atoms with Crippen LogP contribution in [0.15, 0.2) is 18.2 Å². The lowest BCUT2D eigenvalue weighted by molar-refractivity contribution is -0.136. The Morgan fingerprint density at radius 1 is 1.28 bits per heavy atom. The maximum Gasteiger partial charge on any atom is 0.258 e. The Bertz CT molecular complexity index is 755. The zero-order valence-electron chi connectivity index (χ0n) is 13.5. The van der Waals surface area contributed by atoms with Gasteiger partial charge in [0.25, 0.3) is 5.91 Å². The number of hydrogen-bond donors (Lipinski definition) is 1. The number of hydrogen-bond acceptors (Lipinski definition) is 5. The van der Waals surface area contributed by atoms with Gasteiger partial charge in [-0.3, -0.25) is 9.59 Å². The summed E-state index contributed by atoms with van der Waals surface area (Å²) < 4.78 is 28.1. The first-order valence-electron chi connectivity index (χ1n) is 7.54. The number of sulfone groups is 1. The van der Waals surface area contributed by atoms with Gasteiger partial charge in [0.1, 0.15) is 11.8 Å². The van der Waals surface area contributed by atoms with Gasteiger partial charge in [-0.15, -0.1) is 0 Å². The van der Waals surface area contributed by atoms with Crippen LogP contribution in [0.1, 0.15) is 6.92 Å². The molecule has 1 saturated heterocycles. The smallest absolute Gasteiger partial charge is 0.258 e. The van der Waals surface area contributed by atoms with E-state index < -0.39 is 21.8 Å². The maximum absolute atomic E-state index is 12.3. The molecule has 1 aliphatic heterocycles. The van der Waals surface area contributed by atoms with E-state index in [0.29, 0.717) is 10.0 Å². The van der Waals surface area contributed by atoms with E-state index in [-0.39, 0.29) is 42.9 Å². The van der Waals surface area contributed by atoms with Crippen LogP contribution in [0.25, 0.3) is 0 Å². The molecule has 1 fully saturated rings. The fraction of sp³-hybridized carbons (Fsp3) is 0.467. The fourth-order valence-electron chi connectivity index (χ4n) is 2.28. The van der Waals surface area contributed by atoms with Crippen LogP contribution in [0.3, 0.4) is 0 Å². The van der Waals surface area contributed by atoms with Crippen molar-refractivity contribution in [2.24, 2.45) is 0 Å². The lowest BCUT2D eigenvalue weighted by Gasteiger charge is -2.29. The number of nitrogens with zero attached hydrogens (tertiary/aromatic N) is 1. The number of rotatable bonds is 5. The van der Waals surface area contributed by atoms with Gasteiger partial charge >= 0.3 is 0 Å². The second kappa shape index (κ2) is 8.25. The second-order valence-corrected chi connectivity index (χ2v) is 8.78. The van der Waals surface area contributed by atoms with E-state index in [2.05, 4.69) is 5.32 Å². The van der Waals surface area contributed by atoms with Crippen LogP contribution in [0.2, 0.25) is 10.0 Å². The van der Waals surface area contributed by atoms with Gasteiger partial charge in [0.2, 0.25) is 5.91 Å². The van der Waals surface area contributed by atoms with Crippen molar-refractivity contribution >= 4 is 44.9 Å². The van der Waals surface area contributed by atoms with Crippen LogP contribution in [0.4, 0.5) is 0 Å². The largest absolute Gasteiger partial charge is 0.482 e. The molecule has 138 valence electrons. The van der Waals surface area contributed by atoms with Crippen LogP contribution < -0.4 is 10.1 Å². The first-order valence-corrected chi connectivity index (χ1v) is 10.1. The van der Waals surface area contributed by atoms with Crippen molar-refractivity contribution in [1.29, 1.82) is 0 Å². The molecule has 0 aromatic heterocycles. The van der Waals surface area contributed by atoms with Gasteiger partial charge in [-0.25, -0.2) is 8.42 Å². The highest BCUT2D eigenvalue weighted by atomic mass is 35.5. The Morgan fingerprint density at radius 2 is 1.92 bits per heavy atom. The van der Waals surface area contributed by atoms with E-state index >= 15 is 0 Å². The van der Waals surface area contributed by atoms with Crippen molar-refractivity contribution in [3.63, 3.8) is 0 Å². The molecule has 1 N–H and O–H groups in total. The Hall–Kier alpha value is -1.51. The van der Waals surface area contributed by atoms with Gasteiger partial charge in [0, 0.05) is 24.2 Å². The van der Waals surface area contributed by atoms with Crippen LogP contribution >= 0.6 is 23.2 Å². The molecule has 1 aliphatic rings. The van der Waals surface area contributed by atoms with Crippen molar-refractivity contribution in [3.8, 4) is 5.75 Å². The molecular formula is C15H18Cl2N2O5S. The molecule has 2 amide bonds. The molecule has 2 rings (SSSR count). The summed E-state index contributed by atoms with van der Waals surface area (Å²) in [7, 11) is -3.07. The molecular weight excluding hydrogens is 391 g/mol. The average Bonchev–Trinajstić information content (AvgIpc) is 2.55. The molecule has 1 unspecified atom stereocenters. The van der Waals surface area contributed by atoms with Crippen LogP contribution in [-0.4, -0.2) is 62.4 Å². The number of benzene rings is 1. The van der Waals surface area contributed by atoms with E-state index in [4.69, 9.17) is 27.9 Å². The molecule has 1 aromatic carbocycles. The zero-order valence-corrected chi connectivity index (χ0v) is 15.8. The van der Waals surface area contributed by atoms with Gasteiger partial charge in [0.05, 0.1) is 16.5 Å². The summed E-state index contributed by atoms with van der Waals surface area (Å²) in [6, 6.07) is 3.84. The quantitative estimate of drug-likeness (QED) is 0.787. The first kappa shape index (κ1) is 19.8. The standard InChI is InChI=1S/C15H18Cl2N2O5S/c1-10(15(21)19-4-6-25(22,23)7-5-19)18-14(20)9-24-13-8-11(16)2-3-12(13)17/h2-3,8,10H,4-7,9H2,1H3,(H,18,20). The summed E-state index contributed by atoms with van der Waals surface area (Å²) in [5.74, 6) is -0.680. The Balaban J connectivity index is 1.83. The first-order chi connectivity index (χ1) is 11.7. The molecule has 0 radical (unpaired) electrons.